The van der Waals surface area contributed by atoms with Crippen LogP contribution in [0.4, 0.5) is 4.79 Å². The molecule has 0 bridgehead atoms. The van der Waals surface area contributed by atoms with Gasteiger partial charge in [-0.3, -0.25) is 9.59 Å². The van der Waals surface area contributed by atoms with Crippen LogP contribution in [0.5, 0.6) is 5.75 Å². The van der Waals surface area contributed by atoms with Crippen molar-refractivity contribution < 1.29 is 24.2 Å². The van der Waals surface area contributed by atoms with E-state index in [2.05, 4.69) is 17.6 Å². The predicted octanol–water partition coefficient (Wildman–Crippen LogP) is 5.01. The number of phenols is 1. The molecule has 3 N–H and O–H groups in total. The zero-order valence-corrected chi connectivity index (χ0v) is 23.6. The van der Waals surface area contributed by atoms with E-state index in [1.807, 2.05) is 13.2 Å². The van der Waals surface area contributed by atoms with Gasteiger partial charge in [0.2, 0.25) is 11.8 Å². The second kappa shape index (κ2) is 16.3. The minimum absolute atomic E-state index is 0.0535. The minimum Gasteiger partial charge on any atom is -0.508 e. The summed E-state index contributed by atoms with van der Waals surface area (Å²) in [4.78, 5) is 41.6. The van der Waals surface area contributed by atoms with E-state index in [0.29, 0.717) is 37.2 Å². The van der Waals surface area contributed by atoms with E-state index in [9.17, 15) is 19.5 Å². The van der Waals surface area contributed by atoms with E-state index in [1.165, 1.54) is 11.0 Å². The van der Waals surface area contributed by atoms with Crippen molar-refractivity contribution in [2.75, 3.05) is 25.1 Å². The topological polar surface area (TPSA) is 108 Å². The molecule has 0 aliphatic heterocycles. The molecular formula is C27H45N3O5S. The molecule has 2 atom stereocenters. The van der Waals surface area contributed by atoms with Crippen molar-refractivity contribution in [1.82, 2.24) is 15.5 Å². The Hall–Kier alpha value is -2.42. The number of hydrogen-bond acceptors (Lipinski definition) is 6. The summed E-state index contributed by atoms with van der Waals surface area (Å²) in [6, 6.07) is 4.70. The van der Waals surface area contributed by atoms with Crippen molar-refractivity contribution in [1.29, 1.82) is 0 Å². The monoisotopic (exact) mass is 523 g/mol. The predicted molar refractivity (Wildman–Crippen MR) is 146 cm³/mol. The standard InChI is InChI=1S/C27H45N3O5S/c1-7-9-13-18-30(25(33)21(16-19-36-6)29-26(34)35-27(3,4)5)23(24(32)28-17-10-8-2)20-14-11-12-15-22(20)31/h11-12,14-15,21,23,31H,7-10,13,16-19H2,1-6H3,(H,28,32)(H,29,34). The normalized spacial score (nSPS) is 12.9. The first-order chi connectivity index (χ1) is 17.1. The highest BCUT2D eigenvalue weighted by Crippen LogP contribution is 2.30. The summed E-state index contributed by atoms with van der Waals surface area (Å²) in [5.74, 6) is -0.137. The number of nitrogens with zero attached hydrogens (tertiary/aromatic N) is 1. The lowest BCUT2D eigenvalue weighted by molar-refractivity contribution is -0.142. The van der Waals surface area contributed by atoms with E-state index >= 15 is 0 Å². The number of benzene rings is 1. The van der Waals surface area contributed by atoms with Crippen molar-refractivity contribution in [3.63, 3.8) is 0 Å². The molecule has 0 radical (unpaired) electrons. The van der Waals surface area contributed by atoms with Crippen LogP contribution in [0, 0.1) is 0 Å². The molecular weight excluding hydrogens is 478 g/mol. The van der Waals surface area contributed by atoms with Crippen LogP contribution in [-0.2, 0) is 14.3 Å². The number of rotatable bonds is 15. The summed E-state index contributed by atoms with van der Waals surface area (Å²) >= 11 is 1.57. The zero-order chi connectivity index (χ0) is 27.1. The summed E-state index contributed by atoms with van der Waals surface area (Å²) in [5.41, 5.74) is -0.354. The Bertz CT molecular complexity index is 828. The molecule has 0 saturated carbocycles. The number of alkyl carbamates (subject to hydrolysis) is 1. The second-order valence-corrected chi connectivity index (χ2v) is 10.8. The van der Waals surface area contributed by atoms with Crippen LogP contribution < -0.4 is 10.6 Å². The molecule has 3 amide bonds. The van der Waals surface area contributed by atoms with Gasteiger partial charge in [0, 0.05) is 18.7 Å². The molecule has 0 aliphatic rings. The number of unbranched alkanes of at least 4 members (excludes halogenated alkanes) is 3. The fourth-order valence-electron chi connectivity index (χ4n) is 3.70. The van der Waals surface area contributed by atoms with Gasteiger partial charge in [-0.05, 0) is 58.1 Å². The average Bonchev–Trinajstić information content (AvgIpc) is 2.80. The zero-order valence-electron chi connectivity index (χ0n) is 22.8. The molecule has 204 valence electrons. The molecule has 8 nitrogen and oxygen atoms in total. The Morgan fingerprint density at radius 3 is 2.33 bits per heavy atom. The Morgan fingerprint density at radius 2 is 1.75 bits per heavy atom. The maximum absolute atomic E-state index is 14.0. The van der Waals surface area contributed by atoms with Crippen LogP contribution in [-0.4, -0.2) is 64.7 Å². The fourth-order valence-corrected chi connectivity index (χ4v) is 4.17. The SMILES string of the molecule is CCCCCN(C(=O)C(CCSC)NC(=O)OC(C)(C)C)C(C(=O)NCCCC)c1ccccc1O. The molecule has 0 aliphatic carbocycles. The number of hydrogen-bond donors (Lipinski definition) is 3. The number of carbonyl (C=O) groups excluding carboxylic acids is 3. The number of nitrogens with one attached hydrogen (secondary N) is 2. The molecule has 36 heavy (non-hydrogen) atoms. The van der Waals surface area contributed by atoms with Crippen LogP contribution in [0.2, 0.25) is 0 Å². The number of ether oxygens (including phenoxy) is 1. The third-order valence-corrected chi connectivity index (χ3v) is 6.15. The minimum atomic E-state index is -1.02. The van der Waals surface area contributed by atoms with Gasteiger partial charge in [-0.1, -0.05) is 51.3 Å². The molecule has 0 saturated heterocycles. The Kier molecular flexibility index (Phi) is 14.4. The summed E-state index contributed by atoms with van der Waals surface area (Å²) in [6.45, 7) is 10.2. The number of carbonyl (C=O) groups is 3. The van der Waals surface area contributed by atoms with Crippen LogP contribution in [0.15, 0.2) is 24.3 Å². The summed E-state index contributed by atoms with van der Waals surface area (Å²) in [5, 5.41) is 16.3. The van der Waals surface area contributed by atoms with Crippen LogP contribution in [0.1, 0.15) is 84.7 Å². The molecule has 1 aromatic carbocycles. The van der Waals surface area contributed by atoms with Gasteiger partial charge in [0.25, 0.3) is 0 Å². The Labute approximate surface area is 220 Å². The number of amides is 3. The third kappa shape index (κ3) is 11.1. The van der Waals surface area contributed by atoms with Gasteiger partial charge in [-0.25, -0.2) is 4.79 Å². The largest absolute Gasteiger partial charge is 0.508 e. The van der Waals surface area contributed by atoms with Crippen LogP contribution in [0.3, 0.4) is 0 Å². The van der Waals surface area contributed by atoms with Gasteiger partial charge in [0.1, 0.15) is 23.4 Å². The molecule has 1 aromatic rings. The first kappa shape index (κ1) is 31.6. The summed E-state index contributed by atoms with van der Waals surface area (Å²) in [7, 11) is 0. The molecule has 1 rings (SSSR count). The maximum atomic E-state index is 14.0. The number of phenolic OH excluding ortho intramolecular Hbond substituents is 1. The molecule has 9 heteroatoms. The first-order valence-electron chi connectivity index (χ1n) is 12.9. The number of thioether (sulfide) groups is 1. The molecule has 0 spiro atoms. The first-order valence-corrected chi connectivity index (χ1v) is 14.3. The third-order valence-electron chi connectivity index (χ3n) is 5.51. The van der Waals surface area contributed by atoms with E-state index in [1.54, 1.807) is 50.7 Å². The highest BCUT2D eigenvalue weighted by molar-refractivity contribution is 7.98. The highest BCUT2D eigenvalue weighted by Gasteiger charge is 2.36. The number of para-hydroxylation sites is 1. The van der Waals surface area contributed by atoms with E-state index in [4.69, 9.17) is 4.74 Å². The molecule has 0 aromatic heterocycles. The number of aromatic hydroxyl groups is 1. The molecule has 2 unspecified atom stereocenters. The van der Waals surface area contributed by atoms with Crippen molar-refractivity contribution in [2.45, 2.75) is 90.8 Å². The van der Waals surface area contributed by atoms with Crippen molar-refractivity contribution in [3.05, 3.63) is 29.8 Å². The average molecular weight is 524 g/mol. The van der Waals surface area contributed by atoms with Crippen molar-refractivity contribution in [2.24, 2.45) is 0 Å². The second-order valence-electron chi connectivity index (χ2n) is 9.82. The van der Waals surface area contributed by atoms with Gasteiger partial charge in [-0.15, -0.1) is 0 Å². The van der Waals surface area contributed by atoms with E-state index < -0.39 is 23.8 Å². The highest BCUT2D eigenvalue weighted by atomic mass is 32.2. The maximum Gasteiger partial charge on any atom is 0.408 e. The van der Waals surface area contributed by atoms with Gasteiger partial charge in [0.05, 0.1) is 0 Å². The van der Waals surface area contributed by atoms with Crippen molar-refractivity contribution >= 4 is 29.7 Å². The van der Waals surface area contributed by atoms with Gasteiger partial charge in [-0.2, -0.15) is 11.8 Å². The molecule has 0 heterocycles. The smallest absolute Gasteiger partial charge is 0.408 e. The summed E-state index contributed by atoms with van der Waals surface area (Å²) in [6.07, 6.45) is 5.87. The van der Waals surface area contributed by atoms with E-state index in [0.717, 1.165) is 25.7 Å². The fraction of sp³-hybridized carbons (Fsp3) is 0.667. The lowest BCUT2D eigenvalue weighted by Crippen LogP contribution is -2.53. The van der Waals surface area contributed by atoms with Gasteiger partial charge >= 0.3 is 6.09 Å². The van der Waals surface area contributed by atoms with Gasteiger partial charge < -0.3 is 25.4 Å². The lowest BCUT2D eigenvalue weighted by atomic mass is 10.0. The van der Waals surface area contributed by atoms with Gasteiger partial charge in [0.15, 0.2) is 0 Å². The Balaban J connectivity index is 3.42. The summed E-state index contributed by atoms with van der Waals surface area (Å²) < 4.78 is 5.41. The lowest BCUT2D eigenvalue weighted by Gasteiger charge is -2.35. The van der Waals surface area contributed by atoms with Crippen LogP contribution >= 0.6 is 11.8 Å². The quantitative estimate of drug-likeness (QED) is 0.279. The van der Waals surface area contributed by atoms with Crippen LogP contribution in [0.25, 0.3) is 0 Å². The molecule has 0 fully saturated rings. The Morgan fingerprint density at radius 1 is 1.08 bits per heavy atom. The van der Waals surface area contributed by atoms with Crippen molar-refractivity contribution in [3.8, 4) is 5.75 Å². The van der Waals surface area contributed by atoms with E-state index in [-0.39, 0.29) is 17.6 Å².